The third-order valence-corrected chi connectivity index (χ3v) is 6.62. The molecule has 2 N–H and O–H groups in total. The van der Waals surface area contributed by atoms with Gasteiger partial charge in [0.15, 0.2) is 29.2 Å². The first-order valence-electron chi connectivity index (χ1n) is 13.1. The van der Waals surface area contributed by atoms with Crippen molar-refractivity contribution >= 4 is 44.4 Å². The van der Waals surface area contributed by atoms with E-state index in [4.69, 9.17) is 38.7 Å². The lowest BCUT2D eigenvalue weighted by molar-refractivity contribution is -0.642. The molecule has 10 nitrogen and oxygen atoms in total. The highest BCUT2D eigenvalue weighted by atomic mass is 19.4. The van der Waals surface area contributed by atoms with E-state index < -0.39 is 24.3 Å². The van der Waals surface area contributed by atoms with Crippen LogP contribution in [0.4, 0.5) is 26.3 Å². The van der Waals surface area contributed by atoms with Gasteiger partial charge in [-0.05, 0) is 30.3 Å². The zero-order chi connectivity index (χ0) is 35.3. The van der Waals surface area contributed by atoms with E-state index in [-0.39, 0.29) is 0 Å². The van der Waals surface area contributed by atoms with Gasteiger partial charge >= 0.3 is 24.3 Å². The number of rotatable bonds is 5. The number of halogens is 6. The molecule has 250 valence electrons. The first-order valence-corrected chi connectivity index (χ1v) is 13.1. The van der Waals surface area contributed by atoms with Crippen molar-refractivity contribution in [3.63, 3.8) is 0 Å². The molecule has 16 heteroatoms. The number of aromatic nitrogens is 2. The molecule has 0 bridgehead atoms. The van der Waals surface area contributed by atoms with Crippen molar-refractivity contribution in [3.05, 3.63) is 61.1 Å². The number of methoxy groups -OCH3 is 4. The maximum Gasteiger partial charge on any atom is 0.490 e. The molecular weight excluding hydrogens is 642 g/mol. The van der Waals surface area contributed by atoms with Crippen LogP contribution in [-0.4, -0.2) is 67.9 Å². The lowest BCUT2D eigenvalue weighted by Crippen LogP contribution is -2.28. The Hall–Kier alpha value is -5.54. The Bertz CT molecular complexity index is 1910. The molecule has 0 aliphatic carbocycles. The average Bonchev–Trinajstić information content (AvgIpc) is 3.02. The minimum atomic E-state index is -5.08. The summed E-state index contributed by atoms with van der Waals surface area (Å²) in [6.45, 7) is 0. The van der Waals surface area contributed by atoms with Gasteiger partial charge in [-0.1, -0.05) is 12.1 Å². The molecule has 5 rings (SSSR count). The molecule has 3 aromatic carbocycles. The van der Waals surface area contributed by atoms with Crippen molar-refractivity contribution in [2.45, 2.75) is 12.4 Å². The Morgan fingerprint density at radius 2 is 1.23 bits per heavy atom. The molecule has 2 aromatic heterocycles. The monoisotopic (exact) mass is 669 g/mol. The third kappa shape index (κ3) is 7.65. The van der Waals surface area contributed by atoms with Crippen molar-refractivity contribution in [2.75, 3.05) is 28.4 Å². The second kappa shape index (κ2) is 14.3. The van der Waals surface area contributed by atoms with Crippen molar-refractivity contribution in [1.29, 1.82) is 0 Å². The number of hydrogen-bond acceptors (Lipinski definition) is 7. The Morgan fingerprint density at radius 1 is 0.702 bits per heavy atom. The second-order valence-corrected chi connectivity index (χ2v) is 9.39. The molecule has 0 saturated carbocycles. The highest BCUT2D eigenvalue weighted by Gasteiger charge is 2.39. The molecule has 0 fully saturated rings. The number of benzene rings is 3. The van der Waals surface area contributed by atoms with E-state index in [0.29, 0.717) is 17.2 Å². The lowest BCUT2D eigenvalue weighted by Gasteiger charge is -2.17. The second-order valence-electron chi connectivity index (χ2n) is 9.39. The van der Waals surface area contributed by atoms with Crippen molar-refractivity contribution < 1.29 is 69.7 Å². The number of pyridine rings is 2. The Labute approximate surface area is 262 Å². The maximum atomic E-state index is 10.6. The van der Waals surface area contributed by atoms with Gasteiger partial charge in [-0.15, -0.1) is 0 Å². The minimum Gasteiger partial charge on any atom is -0.493 e. The average molecular weight is 670 g/mol. The number of hydrogen-bond donors (Lipinski definition) is 2. The van der Waals surface area contributed by atoms with Crippen LogP contribution in [-0.2, 0) is 16.6 Å². The first kappa shape index (κ1) is 35.9. The third-order valence-electron chi connectivity index (χ3n) is 6.62. The van der Waals surface area contributed by atoms with Gasteiger partial charge in [0.05, 0.1) is 44.6 Å². The molecule has 0 unspecified atom stereocenters. The summed E-state index contributed by atoms with van der Waals surface area (Å²) in [5.41, 5.74) is 3.00. The summed E-state index contributed by atoms with van der Waals surface area (Å²) in [5.74, 6) is -2.73. The molecule has 0 aliphatic heterocycles. The summed E-state index contributed by atoms with van der Waals surface area (Å²) in [6.07, 6.45) is -4.47. The summed E-state index contributed by atoms with van der Waals surface area (Å²) in [4.78, 5) is 22.1. The molecule has 2 heterocycles. The zero-order valence-corrected chi connectivity index (χ0v) is 25.3. The van der Waals surface area contributed by atoms with Gasteiger partial charge < -0.3 is 29.2 Å². The van der Waals surface area contributed by atoms with Gasteiger partial charge in [-0.2, -0.15) is 30.9 Å². The number of ether oxygens (including phenoxy) is 4. The quantitative estimate of drug-likeness (QED) is 0.125. The van der Waals surface area contributed by atoms with Gasteiger partial charge in [0, 0.05) is 34.3 Å². The normalized spacial score (nSPS) is 11.2. The number of aryl methyl sites for hydroxylation is 1. The summed E-state index contributed by atoms with van der Waals surface area (Å²) in [5, 5.41) is 19.5. The van der Waals surface area contributed by atoms with Gasteiger partial charge in [0.25, 0.3) is 0 Å². The molecule has 47 heavy (non-hydrogen) atoms. The van der Waals surface area contributed by atoms with Gasteiger partial charge in [0.1, 0.15) is 7.05 Å². The molecule has 5 aromatic rings. The molecular formula is C31H27F6N2O8+. The number of carboxylic acid groups (broad SMARTS) is 2. The first-order chi connectivity index (χ1) is 22.0. The number of carboxylic acids is 2. The van der Waals surface area contributed by atoms with Gasteiger partial charge in [-0.3, -0.25) is 4.98 Å². The fourth-order valence-corrected chi connectivity index (χ4v) is 4.74. The van der Waals surface area contributed by atoms with Crippen LogP contribution < -0.4 is 23.5 Å². The summed E-state index contributed by atoms with van der Waals surface area (Å²) in [6, 6.07) is 14.3. The summed E-state index contributed by atoms with van der Waals surface area (Å²) in [7, 11) is 8.68. The number of nitrogens with zero attached hydrogens (tertiary/aromatic N) is 2. The van der Waals surface area contributed by atoms with Crippen molar-refractivity contribution in [1.82, 2.24) is 4.98 Å². The van der Waals surface area contributed by atoms with Crippen LogP contribution >= 0.6 is 0 Å². The standard InChI is InChI=1S/C27H25N2O4.2C2HF3O2/c1-29-15-21-17(10-11-22(30-2)26(21)32-4)19-9-8-18-20(25(19)29)13-23(31-3)27(33-5)24(18)16-7-6-12-28-14-16;2*3-2(4,5)1(6)7/h6-15H,1-5H3;2*(H,6,7)/q+1;;. The van der Waals surface area contributed by atoms with E-state index >= 15 is 0 Å². The SMILES string of the molecule is COc1cc2c(ccc3c4ccc(OC)c(OC)c4c[n+](C)c23)c(-c2cccnc2)c1OC.O=C(O)C(F)(F)F.O=C(O)C(F)(F)F. The molecule has 0 spiro atoms. The topological polar surface area (TPSA) is 128 Å². The van der Waals surface area contributed by atoms with Crippen LogP contribution in [0.3, 0.4) is 0 Å². The van der Waals surface area contributed by atoms with E-state index in [1.807, 2.05) is 37.5 Å². The molecule has 0 amide bonds. The van der Waals surface area contributed by atoms with E-state index in [2.05, 4.69) is 33.9 Å². The Balaban J connectivity index is 0.000000360. The predicted octanol–water partition coefficient (Wildman–Crippen LogP) is 6.33. The number of fused-ring (bicyclic) bond motifs is 5. The Kier molecular flexibility index (Phi) is 10.9. The smallest absolute Gasteiger partial charge is 0.490 e. The highest BCUT2D eigenvalue weighted by Crippen LogP contribution is 2.46. The van der Waals surface area contributed by atoms with E-state index in [1.165, 1.54) is 0 Å². The lowest BCUT2D eigenvalue weighted by atomic mass is 9.94. The predicted molar refractivity (Wildman–Crippen MR) is 157 cm³/mol. The van der Waals surface area contributed by atoms with E-state index in [0.717, 1.165) is 49.3 Å². The minimum absolute atomic E-state index is 0.670. The van der Waals surface area contributed by atoms with Crippen LogP contribution in [0.1, 0.15) is 0 Å². The molecule has 0 radical (unpaired) electrons. The van der Waals surface area contributed by atoms with E-state index in [1.54, 1.807) is 34.6 Å². The van der Waals surface area contributed by atoms with Gasteiger partial charge in [-0.25, -0.2) is 9.59 Å². The highest BCUT2D eigenvalue weighted by molar-refractivity contribution is 6.18. The number of carbonyl (C=O) groups is 2. The fraction of sp³-hybridized carbons (Fsp3) is 0.226. The zero-order valence-electron chi connectivity index (χ0n) is 25.3. The van der Waals surface area contributed by atoms with E-state index in [9.17, 15) is 26.3 Å². The molecule has 0 aliphatic rings. The van der Waals surface area contributed by atoms with Crippen LogP contribution in [0.5, 0.6) is 23.0 Å². The van der Waals surface area contributed by atoms with Crippen LogP contribution in [0.25, 0.3) is 43.6 Å². The molecule has 0 saturated heterocycles. The number of alkyl halides is 6. The number of aliphatic carboxylic acids is 2. The van der Waals surface area contributed by atoms with Crippen molar-refractivity contribution in [2.24, 2.45) is 7.05 Å². The van der Waals surface area contributed by atoms with Crippen LogP contribution in [0, 0.1) is 0 Å². The molecule has 0 atom stereocenters. The van der Waals surface area contributed by atoms with Gasteiger partial charge in [0.2, 0.25) is 5.52 Å². The summed E-state index contributed by atoms with van der Waals surface area (Å²) < 4.78 is 88.4. The summed E-state index contributed by atoms with van der Waals surface area (Å²) >= 11 is 0. The van der Waals surface area contributed by atoms with Crippen molar-refractivity contribution in [3.8, 4) is 34.1 Å². The largest absolute Gasteiger partial charge is 0.493 e. The van der Waals surface area contributed by atoms with Crippen LogP contribution in [0.2, 0.25) is 0 Å². The van der Waals surface area contributed by atoms with Crippen LogP contribution in [0.15, 0.2) is 61.1 Å². The Morgan fingerprint density at radius 3 is 1.70 bits per heavy atom. The maximum absolute atomic E-state index is 10.6. The fourth-order valence-electron chi connectivity index (χ4n) is 4.74.